The van der Waals surface area contributed by atoms with Crippen LogP contribution in [0.4, 0.5) is 13.2 Å². The van der Waals surface area contributed by atoms with Crippen LogP contribution in [-0.4, -0.2) is 19.4 Å². The van der Waals surface area contributed by atoms with Crippen LogP contribution >= 0.6 is 0 Å². The molecule has 0 spiro atoms. The van der Waals surface area contributed by atoms with Gasteiger partial charge in [-0.1, -0.05) is 50.7 Å². The molecule has 0 aromatic carbocycles. The third-order valence-corrected chi connectivity index (χ3v) is 2.74. The molecule has 0 atom stereocenters. The van der Waals surface area contributed by atoms with Crippen molar-refractivity contribution in [3.8, 4) is 0 Å². The summed E-state index contributed by atoms with van der Waals surface area (Å²) in [5.41, 5.74) is 1.12. The predicted molar refractivity (Wildman–Crippen MR) is 68.6 cm³/mol. The lowest BCUT2D eigenvalue weighted by Gasteiger charge is -2.06. The van der Waals surface area contributed by atoms with Gasteiger partial charge in [0.05, 0.1) is 6.61 Å². The van der Waals surface area contributed by atoms with E-state index in [0.29, 0.717) is 0 Å². The molecule has 0 saturated heterocycles. The number of ether oxygens (including phenoxy) is 1. The lowest BCUT2D eigenvalue weighted by molar-refractivity contribution is -0.171. The summed E-state index contributed by atoms with van der Waals surface area (Å²) in [6.07, 6.45) is 5.88. The molecule has 0 N–H and O–H groups in total. The lowest BCUT2D eigenvalue weighted by atomic mass is 10.1. The van der Waals surface area contributed by atoms with Crippen molar-refractivity contribution in [3.05, 3.63) is 11.6 Å². The largest absolute Gasteiger partial charge is 0.411 e. The highest BCUT2D eigenvalue weighted by Gasteiger charge is 2.26. The summed E-state index contributed by atoms with van der Waals surface area (Å²) in [5, 5.41) is 0. The van der Waals surface area contributed by atoms with Gasteiger partial charge >= 0.3 is 6.18 Å². The van der Waals surface area contributed by atoms with Crippen molar-refractivity contribution in [2.24, 2.45) is 0 Å². The molecule has 4 heteroatoms. The Morgan fingerprint density at radius 3 is 2.28 bits per heavy atom. The zero-order valence-electron chi connectivity index (χ0n) is 11.5. The lowest BCUT2D eigenvalue weighted by Crippen LogP contribution is -2.16. The minimum absolute atomic E-state index is 0.0567. The van der Waals surface area contributed by atoms with Crippen molar-refractivity contribution in [2.75, 3.05) is 13.2 Å². The molecule has 0 aromatic rings. The Balaban J connectivity index is 3.42. The molecule has 0 aromatic heterocycles. The first-order valence-corrected chi connectivity index (χ1v) is 6.76. The molecule has 108 valence electrons. The molecular formula is C14H25F3O. The maximum Gasteiger partial charge on any atom is 0.411 e. The summed E-state index contributed by atoms with van der Waals surface area (Å²) >= 11 is 0. The number of allylic oxidation sites excluding steroid dienone is 1. The van der Waals surface area contributed by atoms with Crippen LogP contribution in [0.2, 0.25) is 0 Å². The van der Waals surface area contributed by atoms with E-state index in [0.717, 1.165) is 18.4 Å². The van der Waals surface area contributed by atoms with E-state index in [-0.39, 0.29) is 6.61 Å². The van der Waals surface area contributed by atoms with Crippen LogP contribution in [0.25, 0.3) is 0 Å². The van der Waals surface area contributed by atoms with Gasteiger partial charge in [0, 0.05) is 0 Å². The maximum absolute atomic E-state index is 11.8. The molecule has 0 fully saturated rings. The Kier molecular flexibility index (Phi) is 10.1. The fourth-order valence-corrected chi connectivity index (χ4v) is 1.66. The Bertz CT molecular complexity index is 222. The number of halogens is 3. The standard InChI is InChI=1S/C14H25F3O/c1-3-4-5-6-7-8-9-13(2)10-11-18-12-14(15,16)17/h10H,3-9,11-12H2,1-2H3. The molecule has 1 nitrogen and oxygen atoms in total. The van der Waals surface area contributed by atoms with Crippen LogP contribution in [-0.2, 0) is 4.74 Å². The zero-order chi connectivity index (χ0) is 13.9. The molecule has 0 heterocycles. The number of alkyl halides is 3. The van der Waals surface area contributed by atoms with E-state index in [1.807, 2.05) is 6.92 Å². The summed E-state index contributed by atoms with van der Waals surface area (Å²) in [5.74, 6) is 0. The number of hydrogen-bond acceptors (Lipinski definition) is 1. The van der Waals surface area contributed by atoms with Crippen molar-refractivity contribution in [2.45, 2.75) is 65.0 Å². The molecule has 0 saturated carbocycles. The van der Waals surface area contributed by atoms with Gasteiger partial charge in [-0.15, -0.1) is 0 Å². The van der Waals surface area contributed by atoms with Crippen molar-refractivity contribution < 1.29 is 17.9 Å². The van der Waals surface area contributed by atoms with Crippen LogP contribution < -0.4 is 0 Å². The Hall–Kier alpha value is -0.510. The Labute approximate surface area is 108 Å². The van der Waals surface area contributed by atoms with Gasteiger partial charge < -0.3 is 4.74 Å². The number of rotatable bonds is 10. The fraction of sp³-hybridized carbons (Fsp3) is 0.857. The molecule has 18 heavy (non-hydrogen) atoms. The van der Waals surface area contributed by atoms with E-state index >= 15 is 0 Å². The normalized spacial score (nSPS) is 13.1. The van der Waals surface area contributed by atoms with Gasteiger partial charge in [0.2, 0.25) is 0 Å². The average Bonchev–Trinajstić information content (AvgIpc) is 2.28. The number of hydrogen-bond donors (Lipinski definition) is 0. The molecule has 0 aliphatic heterocycles. The van der Waals surface area contributed by atoms with Gasteiger partial charge in [-0.25, -0.2) is 0 Å². The van der Waals surface area contributed by atoms with Crippen LogP contribution in [0.15, 0.2) is 11.6 Å². The van der Waals surface area contributed by atoms with E-state index in [2.05, 4.69) is 11.7 Å². The SMILES string of the molecule is CCCCCCCCC(C)=CCOCC(F)(F)F. The van der Waals surface area contributed by atoms with E-state index in [9.17, 15) is 13.2 Å². The second-order valence-electron chi connectivity index (χ2n) is 4.70. The summed E-state index contributed by atoms with van der Waals surface area (Å²) in [4.78, 5) is 0. The van der Waals surface area contributed by atoms with Crippen molar-refractivity contribution in [3.63, 3.8) is 0 Å². The summed E-state index contributed by atoms with van der Waals surface area (Å²) in [6.45, 7) is 3.03. The van der Waals surface area contributed by atoms with E-state index in [4.69, 9.17) is 0 Å². The zero-order valence-corrected chi connectivity index (χ0v) is 11.5. The van der Waals surface area contributed by atoms with Crippen LogP contribution in [0.3, 0.4) is 0 Å². The van der Waals surface area contributed by atoms with Crippen molar-refractivity contribution in [1.29, 1.82) is 0 Å². The van der Waals surface area contributed by atoms with Crippen LogP contribution in [0, 0.1) is 0 Å². The van der Waals surface area contributed by atoms with Gasteiger partial charge in [-0.3, -0.25) is 0 Å². The van der Waals surface area contributed by atoms with Crippen molar-refractivity contribution >= 4 is 0 Å². The molecule has 0 aliphatic rings. The van der Waals surface area contributed by atoms with Gasteiger partial charge in [-0.2, -0.15) is 13.2 Å². The second kappa shape index (κ2) is 10.4. The highest BCUT2D eigenvalue weighted by molar-refractivity contribution is 4.97. The predicted octanol–water partition coefficient (Wildman–Crippen LogP) is 5.26. The Morgan fingerprint density at radius 2 is 1.67 bits per heavy atom. The fourth-order valence-electron chi connectivity index (χ4n) is 1.66. The molecule has 0 aliphatic carbocycles. The molecule has 0 unspecified atom stereocenters. The maximum atomic E-state index is 11.8. The number of unbranched alkanes of at least 4 members (excludes halogenated alkanes) is 5. The first-order valence-electron chi connectivity index (χ1n) is 6.76. The monoisotopic (exact) mass is 266 g/mol. The molecule has 0 amide bonds. The summed E-state index contributed by atoms with van der Waals surface area (Å²) in [6, 6.07) is 0. The highest BCUT2D eigenvalue weighted by Crippen LogP contribution is 2.15. The van der Waals surface area contributed by atoms with E-state index in [1.54, 1.807) is 6.08 Å². The topological polar surface area (TPSA) is 9.23 Å². The first kappa shape index (κ1) is 17.5. The van der Waals surface area contributed by atoms with Gasteiger partial charge in [0.1, 0.15) is 6.61 Å². The smallest absolute Gasteiger partial charge is 0.368 e. The quantitative estimate of drug-likeness (QED) is 0.387. The van der Waals surface area contributed by atoms with Crippen LogP contribution in [0.5, 0.6) is 0 Å². The minimum atomic E-state index is -4.22. The van der Waals surface area contributed by atoms with Gasteiger partial charge in [-0.05, 0) is 19.8 Å². The summed E-state index contributed by atoms with van der Waals surface area (Å²) in [7, 11) is 0. The molecule has 0 rings (SSSR count). The third kappa shape index (κ3) is 13.6. The molecule has 0 bridgehead atoms. The van der Waals surface area contributed by atoms with Crippen molar-refractivity contribution in [1.82, 2.24) is 0 Å². The molecular weight excluding hydrogens is 241 g/mol. The Morgan fingerprint density at radius 1 is 1.06 bits per heavy atom. The van der Waals surface area contributed by atoms with E-state index < -0.39 is 12.8 Å². The van der Waals surface area contributed by atoms with Gasteiger partial charge in [0.25, 0.3) is 0 Å². The first-order chi connectivity index (χ1) is 8.45. The van der Waals surface area contributed by atoms with E-state index in [1.165, 1.54) is 32.1 Å². The highest BCUT2D eigenvalue weighted by atomic mass is 19.4. The summed E-state index contributed by atoms with van der Waals surface area (Å²) < 4.78 is 39.9. The third-order valence-electron chi connectivity index (χ3n) is 2.74. The average molecular weight is 266 g/mol. The second-order valence-corrected chi connectivity index (χ2v) is 4.70. The van der Waals surface area contributed by atoms with Gasteiger partial charge in [0.15, 0.2) is 0 Å². The molecule has 0 radical (unpaired) electrons. The van der Waals surface area contributed by atoms with Crippen LogP contribution in [0.1, 0.15) is 58.8 Å². The minimum Gasteiger partial charge on any atom is -0.368 e.